The Labute approximate surface area is 161 Å². The van der Waals surface area contributed by atoms with Gasteiger partial charge in [0.05, 0.1) is 16.5 Å². The number of aromatic nitrogens is 2. The molecule has 4 heterocycles. The number of benzene rings is 1. The number of nitrogens with zero attached hydrogens (tertiary/aromatic N) is 3. The number of fused-ring (bicyclic) bond motifs is 1. The number of anilines is 2. The summed E-state index contributed by atoms with van der Waals surface area (Å²) in [4.78, 5) is 12.6. The third-order valence-corrected chi connectivity index (χ3v) is 7.13. The van der Waals surface area contributed by atoms with Crippen molar-refractivity contribution >= 4 is 22.6 Å². The van der Waals surface area contributed by atoms with Crippen LogP contribution in [-0.4, -0.2) is 52.3 Å². The summed E-state index contributed by atoms with van der Waals surface area (Å²) in [6, 6.07) is 10.9. The van der Waals surface area contributed by atoms with Gasteiger partial charge in [-0.25, -0.2) is 4.98 Å². The molecule has 0 bridgehead atoms. The predicted molar refractivity (Wildman–Crippen MR) is 106 cm³/mol. The molecule has 1 atom stereocenters. The lowest BCUT2D eigenvalue weighted by molar-refractivity contribution is 0.0903. The zero-order chi connectivity index (χ0) is 18.2. The molecule has 1 N–H and O–H groups in total. The van der Waals surface area contributed by atoms with E-state index < -0.39 is 10.8 Å². The Morgan fingerprint density at radius 3 is 2.67 bits per heavy atom. The minimum atomic E-state index is -0.993. The van der Waals surface area contributed by atoms with Gasteiger partial charge in [-0.05, 0) is 18.4 Å². The van der Waals surface area contributed by atoms with Crippen LogP contribution in [0.25, 0.3) is 0 Å². The number of nitrogens with one attached hydrogen (secondary N) is 1. The summed E-state index contributed by atoms with van der Waals surface area (Å²) >= 11 is 0. The van der Waals surface area contributed by atoms with Gasteiger partial charge >= 0.3 is 0 Å². The van der Waals surface area contributed by atoms with Crippen LogP contribution < -0.4 is 10.2 Å². The summed E-state index contributed by atoms with van der Waals surface area (Å²) in [5.41, 5.74) is 2.33. The van der Waals surface area contributed by atoms with Gasteiger partial charge in [0.2, 0.25) is 5.95 Å². The van der Waals surface area contributed by atoms with Gasteiger partial charge in [0, 0.05) is 50.4 Å². The summed E-state index contributed by atoms with van der Waals surface area (Å²) < 4.78 is 17.9. The average molecular weight is 385 g/mol. The van der Waals surface area contributed by atoms with Gasteiger partial charge in [-0.2, -0.15) is 4.98 Å². The summed E-state index contributed by atoms with van der Waals surface area (Å²) in [5.74, 6) is 2.74. The number of hydrogen-bond acceptors (Lipinski definition) is 6. The molecule has 3 aliphatic rings. The first kappa shape index (κ1) is 17.1. The van der Waals surface area contributed by atoms with E-state index in [1.54, 1.807) is 0 Å². The molecule has 0 radical (unpaired) electrons. The highest BCUT2D eigenvalue weighted by Gasteiger charge is 2.33. The van der Waals surface area contributed by atoms with Crippen molar-refractivity contribution in [2.24, 2.45) is 0 Å². The monoisotopic (exact) mass is 384 g/mol. The minimum Gasteiger partial charge on any atom is -0.381 e. The second-order valence-electron chi connectivity index (χ2n) is 7.49. The van der Waals surface area contributed by atoms with Crippen molar-refractivity contribution in [3.8, 4) is 0 Å². The van der Waals surface area contributed by atoms with Crippen LogP contribution in [0.1, 0.15) is 30.0 Å². The van der Waals surface area contributed by atoms with E-state index in [4.69, 9.17) is 14.7 Å². The molecule has 2 fully saturated rings. The van der Waals surface area contributed by atoms with Crippen LogP contribution >= 0.6 is 0 Å². The second-order valence-corrected chi connectivity index (χ2v) is 9.00. The van der Waals surface area contributed by atoms with Crippen molar-refractivity contribution in [2.75, 3.05) is 42.3 Å². The van der Waals surface area contributed by atoms with E-state index in [9.17, 15) is 4.21 Å². The van der Waals surface area contributed by atoms with Crippen LogP contribution in [0.15, 0.2) is 35.2 Å². The molecule has 27 heavy (non-hydrogen) atoms. The number of hydrogen-bond donors (Lipinski definition) is 1. The van der Waals surface area contributed by atoms with Gasteiger partial charge in [-0.15, -0.1) is 0 Å². The number of ether oxygens (including phenoxy) is 1. The van der Waals surface area contributed by atoms with E-state index in [2.05, 4.69) is 40.5 Å². The molecule has 1 aromatic heterocycles. The first-order valence-electron chi connectivity index (χ1n) is 9.71. The Balaban J connectivity index is 1.38. The van der Waals surface area contributed by atoms with Crippen molar-refractivity contribution in [3.05, 3.63) is 41.6 Å². The summed E-state index contributed by atoms with van der Waals surface area (Å²) in [6.07, 6.45) is 2.69. The van der Waals surface area contributed by atoms with Gasteiger partial charge in [0.25, 0.3) is 0 Å². The van der Waals surface area contributed by atoms with Gasteiger partial charge in [-0.1, -0.05) is 30.3 Å². The predicted octanol–water partition coefficient (Wildman–Crippen LogP) is 2.34. The van der Waals surface area contributed by atoms with Gasteiger partial charge in [0.15, 0.2) is 0 Å². The Bertz CT molecular complexity index is 849. The molecule has 6 nitrogen and oxygen atoms in total. The third kappa shape index (κ3) is 3.34. The second kappa shape index (κ2) is 7.20. The highest BCUT2D eigenvalue weighted by atomic mass is 32.2. The fourth-order valence-electron chi connectivity index (χ4n) is 4.04. The Kier molecular flexibility index (Phi) is 4.57. The van der Waals surface area contributed by atoms with Gasteiger partial charge in [0.1, 0.15) is 10.7 Å². The number of aryl methyl sites for hydroxylation is 1. The van der Waals surface area contributed by atoms with E-state index in [1.165, 1.54) is 5.56 Å². The topological polar surface area (TPSA) is 67.4 Å². The van der Waals surface area contributed by atoms with Crippen LogP contribution in [0, 0.1) is 0 Å². The van der Waals surface area contributed by atoms with Crippen LogP contribution in [0.4, 0.5) is 11.8 Å². The molecule has 5 rings (SSSR count). The number of rotatable bonds is 4. The summed E-state index contributed by atoms with van der Waals surface area (Å²) in [7, 11) is -0.993. The molecule has 3 aliphatic heterocycles. The first-order chi connectivity index (χ1) is 13.3. The first-order valence-corrected chi connectivity index (χ1v) is 11.0. The molecule has 142 valence electrons. The van der Waals surface area contributed by atoms with E-state index in [0.717, 1.165) is 67.9 Å². The van der Waals surface area contributed by atoms with Gasteiger partial charge in [-0.3, -0.25) is 4.21 Å². The molecule has 2 aromatic rings. The van der Waals surface area contributed by atoms with Crippen molar-refractivity contribution in [3.63, 3.8) is 0 Å². The van der Waals surface area contributed by atoms with E-state index >= 15 is 0 Å². The Hall–Kier alpha value is -1.99. The highest BCUT2D eigenvalue weighted by Crippen LogP contribution is 2.34. The molecule has 0 unspecified atom stereocenters. The molecule has 0 aliphatic carbocycles. The lowest BCUT2D eigenvalue weighted by Crippen LogP contribution is -2.46. The maximum absolute atomic E-state index is 12.5. The molecule has 0 spiro atoms. The standard InChI is InChI=1S/C20H24N4O2S/c25-27-11-8-17-18(27)19(21-16-6-9-26-10-7-16)23-20(22-17)24-12-15(13-24)14-4-2-1-3-5-14/h1-5,15-16H,6-13H2,(H,21,22,23)/t27-/m0/s1. The molecule has 7 heteroatoms. The largest absolute Gasteiger partial charge is 0.381 e. The van der Waals surface area contributed by atoms with Crippen LogP contribution in [0.3, 0.4) is 0 Å². The quantitative estimate of drug-likeness (QED) is 0.873. The molecular formula is C20H24N4O2S. The van der Waals surface area contributed by atoms with Crippen molar-refractivity contribution < 1.29 is 8.95 Å². The van der Waals surface area contributed by atoms with Crippen molar-refractivity contribution in [1.82, 2.24) is 9.97 Å². The van der Waals surface area contributed by atoms with Gasteiger partial charge < -0.3 is 15.0 Å². The van der Waals surface area contributed by atoms with Crippen LogP contribution in [0.5, 0.6) is 0 Å². The normalized spacial score (nSPS) is 23.1. The van der Waals surface area contributed by atoms with E-state index in [0.29, 0.717) is 17.7 Å². The SMILES string of the molecule is O=[S@]1CCc2nc(N3CC(c4ccccc4)C3)nc(NC3CCOCC3)c21. The molecule has 0 saturated carbocycles. The molecular weight excluding hydrogens is 360 g/mol. The Morgan fingerprint density at radius 2 is 1.89 bits per heavy atom. The van der Waals surface area contributed by atoms with Crippen molar-refractivity contribution in [1.29, 1.82) is 0 Å². The van der Waals surface area contributed by atoms with Crippen LogP contribution in [-0.2, 0) is 22.0 Å². The fraction of sp³-hybridized carbons (Fsp3) is 0.500. The van der Waals surface area contributed by atoms with Crippen molar-refractivity contribution in [2.45, 2.75) is 36.1 Å². The lowest BCUT2D eigenvalue weighted by Gasteiger charge is -2.40. The molecule has 0 amide bonds. The summed E-state index contributed by atoms with van der Waals surface area (Å²) in [6.45, 7) is 3.41. The lowest BCUT2D eigenvalue weighted by atomic mass is 9.92. The highest BCUT2D eigenvalue weighted by molar-refractivity contribution is 7.85. The maximum atomic E-state index is 12.5. The maximum Gasteiger partial charge on any atom is 0.227 e. The zero-order valence-corrected chi connectivity index (χ0v) is 16.1. The van der Waals surface area contributed by atoms with E-state index in [-0.39, 0.29) is 0 Å². The van der Waals surface area contributed by atoms with E-state index in [1.807, 2.05) is 0 Å². The van der Waals surface area contributed by atoms with Crippen LogP contribution in [0.2, 0.25) is 0 Å². The molecule has 1 aromatic carbocycles. The Morgan fingerprint density at radius 1 is 1.11 bits per heavy atom. The fourth-order valence-corrected chi connectivity index (χ4v) is 5.35. The molecule has 2 saturated heterocycles. The average Bonchev–Trinajstić information content (AvgIpc) is 3.04. The zero-order valence-electron chi connectivity index (χ0n) is 15.3. The minimum absolute atomic E-state index is 0.330. The summed E-state index contributed by atoms with van der Waals surface area (Å²) in [5, 5.41) is 3.55. The third-order valence-electron chi connectivity index (χ3n) is 5.67. The smallest absolute Gasteiger partial charge is 0.227 e.